The molecule has 1 aromatic carbocycles. The molecule has 0 saturated carbocycles. The summed E-state index contributed by atoms with van der Waals surface area (Å²) in [6.45, 7) is 7.37. The molecule has 19 heavy (non-hydrogen) atoms. The van der Waals surface area contributed by atoms with Gasteiger partial charge in [0.05, 0.1) is 6.61 Å². The lowest BCUT2D eigenvalue weighted by molar-refractivity contribution is 0.00867. The number of para-hydroxylation sites is 1. The molecule has 3 rings (SSSR count). The number of nitrogens with zero attached hydrogens (tertiary/aromatic N) is 1. The van der Waals surface area contributed by atoms with Gasteiger partial charge in [0.15, 0.2) is 0 Å². The topological polar surface area (TPSA) is 21.7 Å². The maximum absolute atomic E-state index is 6.09. The molecule has 104 valence electrons. The van der Waals surface area contributed by atoms with Crippen molar-refractivity contribution in [2.75, 3.05) is 32.8 Å². The number of likely N-dealkylation sites (tertiary alicyclic amines) is 1. The van der Waals surface area contributed by atoms with E-state index in [0.29, 0.717) is 6.10 Å². The Morgan fingerprint density at radius 3 is 2.89 bits per heavy atom. The first-order chi connectivity index (χ1) is 9.35. The Hall–Kier alpha value is -1.06. The number of hydrogen-bond donors (Lipinski definition) is 0. The molecule has 2 fully saturated rings. The molecule has 0 amide bonds. The van der Waals surface area contributed by atoms with Gasteiger partial charge in [-0.1, -0.05) is 25.1 Å². The third-order valence-electron chi connectivity index (χ3n) is 4.11. The van der Waals surface area contributed by atoms with E-state index in [1.165, 1.54) is 18.5 Å². The van der Waals surface area contributed by atoms with Crippen LogP contribution in [0.5, 0.6) is 5.75 Å². The van der Waals surface area contributed by atoms with Gasteiger partial charge in [-0.15, -0.1) is 0 Å². The summed E-state index contributed by atoms with van der Waals surface area (Å²) in [6.07, 6.45) is 2.63. The highest BCUT2D eigenvalue weighted by Gasteiger charge is 2.31. The van der Waals surface area contributed by atoms with E-state index < -0.39 is 0 Å². The molecular weight excluding hydrogens is 238 g/mol. The van der Waals surface area contributed by atoms with Crippen LogP contribution in [0.4, 0.5) is 0 Å². The highest BCUT2D eigenvalue weighted by atomic mass is 16.5. The van der Waals surface area contributed by atoms with Crippen LogP contribution in [0, 0.1) is 5.92 Å². The maximum Gasteiger partial charge on any atom is 0.124 e. The molecule has 0 aliphatic carbocycles. The Morgan fingerprint density at radius 1 is 1.32 bits per heavy atom. The van der Waals surface area contributed by atoms with Gasteiger partial charge in [0.25, 0.3) is 0 Å². The van der Waals surface area contributed by atoms with Gasteiger partial charge in [0, 0.05) is 26.2 Å². The van der Waals surface area contributed by atoms with Crippen molar-refractivity contribution in [2.45, 2.75) is 25.9 Å². The molecule has 0 aromatic heterocycles. The van der Waals surface area contributed by atoms with Crippen LogP contribution < -0.4 is 4.74 Å². The fourth-order valence-electron chi connectivity index (χ4n) is 2.93. The van der Waals surface area contributed by atoms with Gasteiger partial charge in [-0.25, -0.2) is 0 Å². The number of hydrogen-bond acceptors (Lipinski definition) is 3. The smallest absolute Gasteiger partial charge is 0.124 e. The lowest BCUT2D eigenvalue weighted by atomic mass is 10.0. The molecule has 0 bridgehead atoms. The summed E-state index contributed by atoms with van der Waals surface area (Å²) < 4.78 is 11.5. The molecule has 2 heterocycles. The average molecular weight is 261 g/mol. The van der Waals surface area contributed by atoms with E-state index in [1.807, 2.05) is 0 Å². The van der Waals surface area contributed by atoms with E-state index in [9.17, 15) is 0 Å². The molecule has 0 unspecified atom stereocenters. The predicted molar refractivity (Wildman–Crippen MR) is 75.6 cm³/mol. The van der Waals surface area contributed by atoms with E-state index in [4.69, 9.17) is 9.47 Å². The number of benzene rings is 1. The lowest BCUT2D eigenvalue weighted by Crippen LogP contribution is -2.55. The molecule has 2 aliphatic rings. The minimum absolute atomic E-state index is 0.370. The van der Waals surface area contributed by atoms with Crippen LogP contribution in [0.2, 0.25) is 0 Å². The summed E-state index contributed by atoms with van der Waals surface area (Å²) in [4.78, 5) is 2.48. The molecule has 0 spiro atoms. The van der Waals surface area contributed by atoms with Crippen LogP contribution >= 0.6 is 0 Å². The van der Waals surface area contributed by atoms with Gasteiger partial charge in [0.2, 0.25) is 0 Å². The summed E-state index contributed by atoms with van der Waals surface area (Å²) in [6, 6.07) is 8.38. The van der Waals surface area contributed by atoms with Crippen molar-refractivity contribution in [2.24, 2.45) is 5.92 Å². The Morgan fingerprint density at radius 2 is 2.16 bits per heavy atom. The average Bonchev–Trinajstić information content (AvgIpc) is 2.89. The predicted octanol–water partition coefficient (Wildman–Crippen LogP) is 2.35. The van der Waals surface area contributed by atoms with Gasteiger partial charge in [0.1, 0.15) is 11.9 Å². The standard InChI is InChI=1S/C16H23NO2/c1-2-14-5-3-4-6-16(14)19-15-10-17(11-15)9-13-7-8-18-12-13/h3-6,13,15H,2,7-12H2,1H3/t13-/m0/s1. The zero-order valence-corrected chi connectivity index (χ0v) is 11.7. The van der Waals surface area contributed by atoms with Gasteiger partial charge in [-0.05, 0) is 30.4 Å². The second kappa shape index (κ2) is 5.93. The van der Waals surface area contributed by atoms with Gasteiger partial charge < -0.3 is 9.47 Å². The molecule has 1 atom stereocenters. The second-order valence-electron chi connectivity index (χ2n) is 5.65. The van der Waals surface area contributed by atoms with E-state index in [-0.39, 0.29) is 0 Å². The van der Waals surface area contributed by atoms with Crippen LogP contribution in [-0.2, 0) is 11.2 Å². The Balaban J connectivity index is 1.45. The Labute approximate surface area is 115 Å². The first kappa shape index (κ1) is 12.9. The van der Waals surface area contributed by atoms with Gasteiger partial charge >= 0.3 is 0 Å². The molecule has 1 aromatic rings. The van der Waals surface area contributed by atoms with Crippen molar-refractivity contribution in [3.63, 3.8) is 0 Å². The van der Waals surface area contributed by atoms with Gasteiger partial charge in [-0.2, -0.15) is 0 Å². The normalized spacial score (nSPS) is 24.4. The first-order valence-corrected chi connectivity index (χ1v) is 7.40. The molecule has 3 heteroatoms. The monoisotopic (exact) mass is 261 g/mol. The van der Waals surface area contributed by atoms with Crippen LogP contribution in [0.25, 0.3) is 0 Å². The van der Waals surface area contributed by atoms with Crippen molar-refractivity contribution in [3.05, 3.63) is 29.8 Å². The first-order valence-electron chi connectivity index (χ1n) is 7.40. The van der Waals surface area contributed by atoms with E-state index in [0.717, 1.165) is 44.4 Å². The van der Waals surface area contributed by atoms with Crippen molar-refractivity contribution in [3.8, 4) is 5.75 Å². The largest absolute Gasteiger partial charge is 0.487 e. The zero-order chi connectivity index (χ0) is 13.1. The molecule has 0 radical (unpaired) electrons. The molecule has 0 N–H and O–H groups in total. The third kappa shape index (κ3) is 3.10. The van der Waals surface area contributed by atoms with Crippen LogP contribution in [0.1, 0.15) is 18.9 Å². The van der Waals surface area contributed by atoms with Crippen molar-refractivity contribution < 1.29 is 9.47 Å². The number of ether oxygens (including phenoxy) is 2. The fraction of sp³-hybridized carbons (Fsp3) is 0.625. The SMILES string of the molecule is CCc1ccccc1OC1CN(C[C@@H]2CCOC2)C1. The lowest BCUT2D eigenvalue weighted by Gasteiger charge is -2.40. The zero-order valence-electron chi connectivity index (χ0n) is 11.7. The van der Waals surface area contributed by atoms with Crippen LogP contribution in [0.3, 0.4) is 0 Å². The van der Waals surface area contributed by atoms with E-state index in [1.54, 1.807) is 0 Å². The third-order valence-corrected chi connectivity index (χ3v) is 4.11. The quantitative estimate of drug-likeness (QED) is 0.812. The Kier molecular flexibility index (Phi) is 4.04. The van der Waals surface area contributed by atoms with Crippen molar-refractivity contribution in [1.82, 2.24) is 4.90 Å². The molecular formula is C16H23NO2. The summed E-state index contributed by atoms with van der Waals surface area (Å²) in [7, 11) is 0. The van der Waals surface area contributed by atoms with Crippen molar-refractivity contribution >= 4 is 0 Å². The number of rotatable bonds is 5. The Bertz CT molecular complexity index is 409. The second-order valence-corrected chi connectivity index (χ2v) is 5.65. The number of aryl methyl sites for hydroxylation is 1. The highest BCUT2D eigenvalue weighted by Crippen LogP contribution is 2.24. The highest BCUT2D eigenvalue weighted by molar-refractivity contribution is 5.33. The summed E-state index contributed by atoms with van der Waals surface area (Å²) >= 11 is 0. The maximum atomic E-state index is 6.09. The summed E-state index contributed by atoms with van der Waals surface area (Å²) in [5.41, 5.74) is 1.31. The fourth-order valence-corrected chi connectivity index (χ4v) is 2.93. The minimum atomic E-state index is 0.370. The molecule has 2 aliphatic heterocycles. The summed E-state index contributed by atoms with van der Waals surface area (Å²) in [5, 5.41) is 0. The summed E-state index contributed by atoms with van der Waals surface area (Å²) in [5.74, 6) is 1.81. The van der Waals surface area contributed by atoms with E-state index >= 15 is 0 Å². The molecule has 2 saturated heterocycles. The van der Waals surface area contributed by atoms with Crippen LogP contribution in [-0.4, -0.2) is 43.9 Å². The molecule has 3 nitrogen and oxygen atoms in total. The van der Waals surface area contributed by atoms with Gasteiger partial charge in [-0.3, -0.25) is 4.90 Å². The van der Waals surface area contributed by atoms with Crippen LogP contribution in [0.15, 0.2) is 24.3 Å². The van der Waals surface area contributed by atoms with E-state index in [2.05, 4.69) is 36.1 Å². The van der Waals surface area contributed by atoms with Crippen molar-refractivity contribution in [1.29, 1.82) is 0 Å². The minimum Gasteiger partial charge on any atom is -0.487 e.